The predicted octanol–water partition coefficient (Wildman–Crippen LogP) is 4.63. The molecule has 0 aromatic heterocycles. The van der Waals surface area contributed by atoms with E-state index in [1.165, 1.54) is 17.4 Å². The smallest absolute Gasteiger partial charge is 0.234 e. The topological polar surface area (TPSA) is 35.6 Å². The van der Waals surface area contributed by atoms with Crippen molar-refractivity contribution in [3.05, 3.63) is 53.6 Å². The van der Waals surface area contributed by atoms with Crippen LogP contribution >= 0.6 is 35.8 Å². The summed E-state index contributed by atoms with van der Waals surface area (Å²) >= 11 is 7.37. The Morgan fingerprint density at radius 2 is 1.67 bits per heavy atom. The van der Waals surface area contributed by atoms with Gasteiger partial charge in [-0.25, -0.2) is 0 Å². The number of nitrogens with zero attached hydrogens (tertiary/aromatic N) is 2. The largest absolute Gasteiger partial charge is 0.369 e. The average molecular weight is 426 g/mol. The Hall–Kier alpha value is -1.40. The molecule has 1 aliphatic heterocycles. The lowest BCUT2D eigenvalue weighted by molar-refractivity contribution is -0.113. The maximum Gasteiger partial charge on any atom is 0.234 e. The Morgan fingerprint density at radius 1 is 1.04 bits per heavy atom. The molecule has 0 unspecified atom stereocenters. The van der Waals surface area contributed by atoms with E-state index < -0.39 is 0 Å². The third kappa shape index (κ3) is 6.61. The van der Waals surface area contributed by atoms with E-state index in [-0.39, 0.29) is 18.3 Å². The minimum absolute atomic E-state index is 0. The second kappa shape index (κ2) is 10.8. The first kappa shape index (κ1) is 21.9. The highest BCUT2D eigenvalue weighted by molar-refractivity contribution is 8.00. The van der Waals surface area contributed by atoms with Gasteiger partial charge in [0.25, 0.3) is 0 Å². The lowest BCUT2D eigenvalue weighted by Gasteiger charge is -2.35. The van der Waals surface area contributed by atoms with Crippen molar-refractivity contribution >= 4 is 53.1 Å². The Balaban J connectivity index is 0.00000261. The summed E-state index contributed by atoms with van der Waals surface area (Å²) in [5.74, 6) is 0.372. The highest BCUT2D eigenvalue weighted by Gasteiger charge is 2.15. The van der Waals surface area contributed by atoms with Crippen LogP contribution in [-0.4, -0.2) is 49.3 Å². The summed E-state index contributed by atoms with van der Waals surface area (Å²) in [5, 5.41) is 3.66. The van der Waals surface area contributed by atoms with Crippen molar-refractivity contribution in [1.29, 1.82) is 0 Å². The summed E-state index contributed by atoms with van der Waals surface area (Å²) in [6.45, 7) is 7.65. The van der Waals surface area contributed by atoms with Crippen LogP contribution in [0.5, 0.6) is 0 Å². The molecule has 1 aliphatic rings. The summed E-state index contributed by atoms with van der Waals surface area (Å²) in [4.78, 5) is 18.0. The third-order valence-corrected chi connectivity index (χ3v) is 5.78. The molecular formula is C20H25Cl2N3OS. The molecule has 0 radical (unpaired) electrons. The van der Waals surface area contributed by atoms with Gasteiger partial charge in [0.05, 0.1) is 5.75 Å². The Kier molecular flexibility index (Phi) is 8.77. The van der Waals surface area contributed by atoms with Crippen LogP contribution < -0.4 is 10.2 Å². The number of nitrogens with one attached hydrogen (secondary N) is 1. The lowest BCUT2D eigenvalue weighted by atomic mass is 10.2. The van der Waals surface area contributed by atoms with Crippen LogP contribution in [0, 0.1) is 0 Å². The van der Waals surface area contributed by atoms with Crippen LogP contribution in [0.3, 0.4) is 0 Å². The second-order valence-electron chi connectivity index (χ2n) is 6.26. The number of hydrogen-bond acceptors (Lipinski definition) is 4. The number of carbonyl (C=O) groups is 1. The first-order valence-electron chi connectivity index (χ1n) is 8.89. The van der Waals surface area contributed by atoms with E-state index in [9.17, 15) is 4.79 Å². The summed E-state index contributed by atoms with van der Waals surface area (Å²) in [6, 6.07) is 15.6. The normalized spacial score (nSPS) is 14.5. The van der Waals surface area contributed by atoms with E-state index in [0.717, 1.165) is 43.3 Å². The van der Waals surface area contributed by atoms with Crippen molar-refractivity contribution in [2.24, 2.45) is 0 Å². The molecule has 1 heterocycles. The quantitative estimate of drug-likeness (QED) is 0.683. The first-order valence-corrected chi connectivity index (χ1v) is 10.3. The van der Waals surface area contributed by atoms with Gasteiger partial charge in [0.1, 0.15) is 0 Å². The monoisotopic (exact) mass is 425 g/mol. The number of thioether (sulfide) groups is 1. The van der Waals surface area contributed by atoms with Crippen molar-refractivity contribution in [3.8, 4) is 0 Å². The molecule has 3 rings (SSSR count). The van der Waals surface area contributed by atoms with Gasteiger partial charge in [0.15, 0.2) is 0 Å². The van der Waals surface area contributed by atoms with Crippen LogP contribution in [0.2, 0.25) is 5.02 Å². The van der Waals surface area contributed by atoms with Crippen LogP contribution in [-0.2, 0) is 4.79 Å². The van der Waals surface area contributed by atoms with Gasteiger partial charge in [-0.15, -0.1) is 24.2 Å². The maximum absolute atomic E-state index is 12.1. The molecule has 0 saturated carbocycles. The molecule has 2 aromatic carbocycles. The van der Waals surface area contributed by atoms with Crippen molar-refractivity contribution in [1.82, 2.24) is 4.90 Å². The summed E-state index contributed by atoms with van der Waals surface area (Å²) in [6.07, 6.45) is 0. The van der Waals surface area contributed by atoms with Gasteiger partial charge in [-0.2, -0.15) is 0 Å². The van der Waals surface area contributed by atoms with Gasteiger partial charge in [0, 0.05) is 47.5 Å². The molecule has 7 heteroatoms. The van der Waals surface area contributed by atoms with Gasteiger partial charge in [-0.05, 0) is 55.1 Å². The SMILES string of the molecule is CCN1CCN(c2ccc(NC(=O)CSc3ccc(Cl)cc3)cc2)CC1.Cl. The maximum atomic E-state index is 12.1. The van der Waals surface area contributed by atoms with Crippen LogP contribution in [0.15, 0.2) is 53.4 Å². The zero-order chi connectivity index (χ0) is 18.4. The van der Waals surface area contributed by atoms with Gasteiger partial charge in [-0.1, -0.05) is 18.5 Å². The Morgan fingerprint density at radius 3 is 2.26 bits per heavy atom. The fourth-order valence-corrected chi connectivity index (χ4v) is 3.78. The number of rotatable bonds is 6. The predicted molar refractivity (Wildman–Crippen MR) is 119 cm³/mol. The molecule has 4 nitrogen and oxygen atoms in total. The number of halogens is 2. The van der Waals surface area contributed by atoms with Crippen molar-refractivity contribution in [2.75, 3.05) is 48.7 Å². The van der Waals surface area contributed by atoms with E-state index in [1.54, 1.807) is 0 Å². The minimum Gasteiger partial charge on any atom is -0.369 e. The van der Waals surface area contributed by atoms with E-state index >= 15 is 0 Å². The highest BCUT2D eigenvalue weighted by Crippen LogP contribution is 2.22. The van der Waals surface area contributed by atoms with Crippen LogP contribution in [0.1, 0.15) is 6.92 Å². The zero-order valence-corrected chi connectivity index (χ0v) is 17.7. The van der Waals surface area contributed by atoms with Gasteiger partial charge in [0.2, 0.25) is 5.91 Å². The lowest BCUT2D eigenvalue weighted by Crippen LogP contribution is -2.46. The zero-order valence-electron chi connectivity index (χ0n) is 15.4. The van der Waals surface area contributed by atoms with Gasteiger partial charge < -0.3 is 15.1 Å². The van der Waals surface area contributed by atoms with Crippen molar-refractivity contribution in [3.63, 3.8) is 0 Å². The van der Waals surface area contributed by atoms with Crippen molar-refractivity contribution < 1.29 is 4.79 Å². The molecule has 146 valence electrons. The molecule has 0 bridgehead atoms. The van der Waals surface area contributed by atoms with E-state index in [4.69, 9.17) is 11.6 Å². The van der Waals surface area contributed by atoms with Crippen LogP contribution in [0.4, 0.5) is 11.4 Å². The molecule has 1 saturated heterocycles. The molecule has 1 N–H and O–H groups in total. The molecule has 2 aromatic rings. The summed E-state index contributed by atoms with van der Waals surface area (Å²) in [5.41, 5.74) is 2.05. The number of likely N-dealkylation sites (N-methyl/N-ethyl adjacent to an activating group) is 1. The fraction of sp³-hybridized carbons (Fsp3) is 0.350. The van der Waals surface area contributed by atoms with Gasteiger partial charge in [-0.3, -0.25) is 4.79 Å². The summed E-state index contributed by atoms with van der Waals surface area (Å²) in [7, 11) is 0. The van der Waals surface area contributed by atoms with Crippen LogP contribution in [0.25, 0.3) is 0 Å². The Bertz CT molecular complexity index is 717. The molecule has 1 amide bonds. The molecule has 27 heavy (non-hydrogen) atoms. The first-order chi connectivity index (χ1) is 12.6. The molecule has 0 atom stereocenters. The highest BCUT2D eigenvalue weighted by atomic mass is 35.5. The van der Waals surface area contributed by atoms with Crippen molar-refractivity contribution in [2.45, 2.75) is 11.8 Å². The standard InChI is InChI=1S/C20H24ClN3OS.ClH/c1-2-23-11-13-24(14-12-23)18-7-5-17(6-8-18)22-20(25)15-26-19-9-3-16(21)4-10-19;/h3-10H,2,11-15H2,1H3,(H,22,25);1H. The number of hydrogen-bond donors (Lipinski definition) is 1. The molecular weight excluding hydrogens is 401 g/mol. The molecule has 0 aliphatic carbocycles. The number of amides is 1. The van der Waals surface area contributed by atoms with E-state index in [2.05, 4.69) is 34.2 Å². The number of piperazine rings is 1. The Labute approximate surface area is 176 Å². The summed E-state index contributed by atoms with van der Waals surface area (Å²) < 4.78 is 0. The average Bonchev–Trinajstić information content (AvgIpc) is 2.68. The number of benzene rings is 2. The molecule has 0 spiro atoms. The van der Waals surface area contributed by atoms with Gasteiger partial charge >= 0.3 is 0 Å². The number of anilines is 2. The van der Waals surface area contributed by atoms with E-state index in [0.29, 0.717) is 10.8 Å². The fourth-order valence-electron chi connectivity index (χ4n) is 2.95. The minimum atomic E-state index is -0.00531. The van der Waals surface area contributed by atoms with E-state index in [1.807, 2.05) is 36.4 Å². The second-order valence-corrected chi connectivity index (χ2v) is 7.74. The molecule has 1 fully saturated rings. The third-order valence-electron chi connectivity index (χ3n) is 4.52. The number of carbonyl (C=O) groups excluding carboxylic acids is 1.